The Balaban J connectivity index is 2.09. The standard InChI is InChI=1S/C16H19BrClFN2/c1-10-3-2-4-11(6-5-10)21-15-7-12(17)13(19)8-14(15)20-16(21)9-18/h7-8,10-11H,2-6,9H2,1H3. The molecule has 2 atom stereocenters. The summed E-state index contributed by atoms with van der Waals surface area (Å²) in [6.07, 6.45) is 6.04. The van der Waals surface area contributed by atoms with E-state index in [1.165, 1.54) is 25.3 Å². The van der Waals surface area contributed by atoms with Gasteiger partial charge in [-0.15, -0.1) is 11.6 Å². The van der Waals surface area contributed by atoms with Crippen LogP contribution in [0.15, 0.2) is 16.6 Å². The number of benzene rings is 1. The number of hydrogen-bond acceptors (Lipinski definition) is 1. The highest BCUT2D eigenvalue weighted by Gasteiger charge is 2.22. The van der Waals surface area contributed by atoms with Crippen LogP contribution in [0.1, 0.15) is 50.9 Å². The summed E-state index contributed by atoms with van der Waals surface area (Å²) in [5, 5.41) is 0. The van der Waals surface area contributed by atoms with E-state index in [-0.39, 0.29) is 5.82 Å². The average Bonchev–Trinajstić information content (AvgIpc) is 2.66. The van der Waals surface area contributed by atoms with Crippen LogP contribution < -0.4 is 0 Å². The highest BCUT2D eigenvalue weighted by molar-refractivity contribution is 9.10. The van der Waals surface area contributed by atoms with E-state index >= 15 is 0 Å². The van der Waals surface area contributed by atoms with Gasteiger partial charge in [-0.2, -0.15) is 0 Å². The summed E-state index contributed by atoms with van der Waals surface area (Å²) in [6.45, 7) is 2.32. The second kappa shape index (κ2) is 6.25. The lowest BCUT2D eigenvalue weighted by atomic mass is 10.0. The van der Waals surface area contributed by atoms with E-state index in [0.29, 0.717) is 21.9 Å². The predicted molar refractivity (Wildman–Crippen MR) is 88.2 cm³/mol. The van der Waals surface area contributed by atoms with Crippen LogP contribution in [0, 0.1) is 11.7 Å². The van der Waals surface area contributed by atoms with Crippen LogP contribution in [0.5, 0.6) is 0 Å². The van der Waals surface area contributed by atoms with Gasteiger partial charge >= 0.3 is 0 Å². The number of aromatic nitrogens is 2. The number of halogens is 3. The molecule has 0 bridgehead atoms. The zero-order valence-electron chi connectivity index (χ0n) is 12.1. The first-order valence-electron chi connectivity index (χ1n) is 7.52. The lowest BCUT2D eigenvalue weighted by Gasteiger charge is -2.19. The summed E-state index contributed by atoms with van der Waals surface area (Å²) in [7, 11) is 0. The average molecular weight is 374 g/mol. The minimum absolute atomic E-state index is 0.275. The molecule has 21 heavy (non-hydrogen) atoms. The third-order valence-electron chi connectivity index (χ3n) is 4.52. The number of alkyl halides is 1. The molecule has 1 aliphatic carbocycles. The van der Waals surface area contributed by atoms with Crippen molar-refractivity contribution in [1.29, 1.82) is 0 Å². The van der Waals surface area contributed by atoms with Crippen molar-refractivity contribution in [2.75, 3.05) is 0 Å². The maximum absolute atomic E-state index is 13.7. The van der Waals surface area contributed by atoms with Gasteiger partial charge in [-0.25, -0.2) is 9.37 Å². The number of nitrogens with zero attached hydrogens (tertiary/aromatic N) is 2. The van der Waals surface area contributed by atoms with E-state index in [2.05, 4.69) is 32.4 Å². The van der Waals surface area contributed by atoms with E-state index in [4.69, 9.17) is 11.6 Å². The summed E-state index contributed by atoms with van der Waals surface area (Å²) in [5.41, 5.74) is 1.68. The molecule has 0 N–H and O–H groups in total. The Morgan fingerprint density at radius 2 is 2.14 bits per heavy atom. The van der Waals surface area contributed by atoms with E-state index in [9.17, 15) is 4.39 Å². The van der Waals surface area contributed by atoms with Gasteiger partial charge in [0.25, 0.3) is 0 Å². The number of rotatable bonds is 2. The van der Waals surface area contributed by atoms with Crippen molar-refractivity contribution < 1.29 is 4.39 Å². The maximum Gasteiger partial charge on any atom is 0.139 e. The lowest BCUT2D eigenvalue weighted by molar-refractivity contribution is 0.433. The van der Waals surface area contributed by atoms with Crippen LogP contribution in [0.4, 0.5) is 4.39 Å². The van der Waals surface area contributed by atoms with E-state index in [1.807, 2.05) is 6.07 Å². The van der Waals surface area contributed by atoms with Gasteiger partial charge in [0.1, 0.15) is 11.6 Å². The Labute approximate surface area is 137 Å². The molecule has 0 aliphatic heterocycles. The van der Waals surface area contributed by atoms with E-state index in [0.717, 1.165) is 30.1 Å². The third kappa shape index (κ3) is 2.98. The zero-order valence-corrected chi connectivity index (χ0v) is 14.4. The van der Waals surface area contributed by atoms with Crippen molar-refractivity contribution in [2.45, 2.75) is 50.9 Å². The van der Waals surface area contributed by atoms with Gasteiger partial charge in [0.15, 0.2) is 0 Å². The zero-order chi connectivity index (χ0) is 15.0. The van der Waals surface area contributed by atoms with Gasteiger partial charge in [-0.1, -0.05) is 19.8 Å². The maximum atomic E-state index is 13.7. The van der Waals surface area contributed by atoms with Gasteiger partial charge in [0.05, 0.1) is 21.4 Å². The summed E-state index contributed by atoms with van der Waals surface area (Å²) < 4.78 is 16.4. The molecule has 0 radical (unpaired) electrons. The van der Waals surface area contributed by atoms with Crippen LogP contribution in [0.2, 0.25) is 0 Å². The van der Waals surface area contributed by atoms with Crippen molar-refractivity contribution in [2.24, 2.45) is 5.92 Å². The molecule has 1 aromatic carbocycles. The second-order valence-corrected chi connectivity index (χ2v) is 7.18. The normalized spacial score (nSPS) is 23.4. The largest absolute Gasteiger partial charge is 0.324 e. The fourth-order valence-electron chi connectivity index (χ4n) is 3.37. The van der Waals surface area contributed by atoms with Crippen molar-refractivity contribution >= 4 is 38.6 Å². The fourth-order valence-corrected chi connectivity index (χ4v) is 3.89. The monoisotopic (exact) mass is 372 g/mol. The summed E-state index contributed by atoms with van der Waals surface area (Å²) in [4.78, 5) is 4.53. The van der Waals surface area contributed by atoms with Crippen LogP contribution in [-0.2, 0) is 5.88 Å². The lowest BCUT2D eigenvalue weighted by Crippen LogP contribution is -2.11. The molecular weight excluding hydrogens is 355 g/mol. The van der Waals surface area contributed by atoms with Crippen LogP contribution >= 0.6 is 27.5 Å². The molecular formula is C16H19BrClFN2. The summed E-state index contributed by atoms with van der Waals surface area (Å²) in [5.74, 6) is 1.72. The molecule has 1 aliphatic rings. The van der Waals surface area contributed by atoms with Crippen LogP contribution in [-0.4, -0.2) is 9.55 Å². The van der Waals surface area contributed by atoms with Gasteiger partial charge in [-0.3, -0.25) is 0 Å². The van der Waals surface area contributed by atoms with E-state index < -0.39 is 0 Å². The SMILES string of the molecule is CC1CCCC(n2c(CCl)nc3cc(F)c(Br)cc32)CC1. The smallest absolute Gasteiger partial charge is 0.139 e. The van der Waals surface area contributed by atoms with Crippen molar-refractivity contribution in [3.63, 3.8) is 0 Å². The Kier molecular flexibility index (Phi) is 4.55. The molecule has 1 aromatic heterocycles. The molecule has 2 nitrogen and oxygen atoms in total. The molecule has 114 valence electrons. The predicted octanol–water partition coefficient (Wildman–Crippen LogP) is 5.82. The third-order valence-corrected chi connectivity index (χ3v) is 5.36. The van der Waals surface area contributed by atoms with Crippen molar-refractivity contribution in [3.05, 3.63) is 28.2 Å². The van der Waals surface area contributed by atoms with Gasteiger partial charge < -0.3 is 4.57 Å². The number of fused-ring (bicyclic) bond motifs is 1. The highest BCUT2D eigenvalue weighted by Crippen LogP contribution is 2.35. The minimum atomic E-state index is -0.275. The molecule has 0 spiro atoms. The number of hydrogen-bond donors (Lipinski definition) is 0. The Morgan fingerprint density at radius 3 is 2.90 bits per heavy atom. The van der Waals surface area contributed by atoms with Gasteiger partial charge in [0, 0.05) is 12.1 Å². The molecule has 1 fully saturated rings. The Hall–Kier alpha value is -0.610. The summed E-state index contributed by atoms with van der Waals surface area (Å²) >= 11 is 9.36. The minimum Gasteiger partial charge on any atom is -0.324 e. The molecule has 2 aromatic rings. The fraction of sp³-hybridized carbons (Fsp3) is 0.562. The first-order valence-corrected chi connectivity index (χ1v) is 8.84. The first kappa shape index (κ1) is 15.3. The van der Waals surface area contributed by atoms with Gasteiger partial charge in [0.2, 0.25) is 0 Å². The van der Waals surface area contributed by atoms with Gasteiger partial charge in [-0.05, 0) is 47.2 Å². The molecule has 3 rings (SSSR count). The Bertz CT molecular complexity index is 655. The Morgan fingerprint density at radius 1 is 1.33 bits per heavy atom. The molecule has 0 amide bonds. The van der Waals surface area contributed by atoms with Crippen LogP contribution in [0.25, 0.3) is 11.0 Å². The molecule has 2 unspecified atom stereocenters. The summed E-state index contributed by atoms with van der Waals surface area (Å²) in [6, 6.07) is 3.75. The second-order valence-electron chi connectivity index (χ2n) is 6.05. The number of imidazole rings is 1. The molecule has 0 saturated heterocycles. The van der Waals surface area contributed by atoms with Crippen molar-refractivity contribution in [1.82, 2.24) is 9.55 Å². The first-order chi connectivity index (χ1) is 10.1. The highest BCUT2D eigenvalue weighted by atomic mass is 79.9. The topological polar surface area (TPSA) is 17.8 Å². The molecule has 5 heteroatoms. The quantitative estimate of drug-likeness (QED) is 0.479. The van der Waals surface area contributed by atoms with Crippen LogP contribution in [0.3, 0.4) is 0 Å². The van der Waals surface area contributed by atoms with Crippen molar-refractivity contribution in [3.8, 4) is 0 Å². The molecule has 1 saturated carbocycles. The molecule has 1 heterocycles. The van der Waals surface area contributed by atoms with E-state index in [1.54, 1.807) is 0 Å².